The highest BCUT2D eigenvalue weighted by molar-refractivity contribution is 6.03. The maximum Gasteiger partial charge on any atom is 0.325 e. The average Bonchev–Trinajstić information content (AvgIpc) is 2.98. The Balaban J connectivity index is 1.42. The van der Waals surface area contributed by atoms with Crippen LogP contribution in [0.15, 0.2) is 72.8 Å². The summed E-state index contributed by atoms with van der Waals surface area (Å²) in [4.78, 5) is 38.8. The van der Waals surface area contributed by atoms with E-state index in [1.807, 2.05) is 48.5 Å². The molecule has 0 atom stereocenters. The van der Waals surface area contributed by atoms with E-state index >= 15 is 0 Å². The number of aryl methyl sites for hydroxylation is 2. The first-order valence-corrected chi connectivity index (χ1v) is 10.2. The summed E-state index contributed by atoms with van der Waals surface area (Å²) in [6.45, 7) is -0.968. The third-order valence-corrected chi connectivity index (χ3v) is 5.25. The molecule has 0 aromatic heterocycles. The molecule has 0 bridgehead atoms. The quantitative estimate of drug-likeness (QED) is 0.626. The number of amides is 2. The lowest BCUT2D eigenvalue weighted by Gasteiger charge is -2.24. The van der Waals surface area contributed by atoms with Gasteiger partial charge in [-0.2, -0.15) is 0 Å². The summed E-state index contributed by atoms with van der Waals surface area (Å²) in [5.74, 6) is -2.62. The van der Waals surface area contributed by atoms with Crippen molar-refractivity contribution in [2.75, 3.05) is 18.1 Å². The van der Waals surface area contributed by atoms with Crippen LogP contribution in [0.3, 0.4) is 0 Å². The zero-order chi connectivity index (χ0) is 22.5. The number of halogens is 1. The number of carbonyl (C=O) groups excluding carboxylic acids is 3. The molecule has 0 radical (unpaired) electrons. The molecule has 7 heteroatoms. The Morgan fingerprint density at radius 2 is 1.41 bits per heavy atom. The van der Waals surface area contributed by atoms with E-state index in [0.29, 0.717) is 0 Å². The van der Waals surface area contributed by atoms with E-state index in [0.717, 1.165) is 41.4 Å². The van der Waals surface area contributed by atoms with Crippen molar-refractivity contribution < 1.29 is 23.5 Å². The van der Waals surface area contributed by atoms with Gasteiger partial charge in [-0.15, -0.1) is 0 Å². The first kappa shape index (κ1) is 21.2. The number of ether oxygens (including phenoxy) is 1. The van der Waals surface area contributed by atoms with E-state index in [1.165, 1.54) is 18.2 Å². The Morgan fingerprint density at radius 3 is 2.03 bits per heavy atom. The summed E-state index contributed by atoms with van der Waals surface area (Å²) in [5, 5.41) is 2.31. The third kappa shape index (κ3) is 4.51. The number of carbonyl (C=O) groups is 3. The highest BCUT2D eigenvalue weighted by atomic mass is 19.1. The molecule has 3 aromatic rings. The second-order valence-corrected chi connectivity index (χ2v) is 7.31. The van der Waals surface area contributed by atoms with Crippen LogP contribution in [0.2, 0.25) is 0 Å². The molecule has 162 valence electrons. The largest absolute Gasteiger partial charge is 0.454 e. The Bertz CT molecular complexity index is 1130. The van der Waals surface area contributed by atoms with Gasteiger partial charge in [-0.1, -0.05) is 48.5 Å². The number of anilines is 2. The summed E-state index contributed by atoms with van der Waals surface area (Å²) in [6, 6.07) is 20.7. The molecule has 1 heterocycles. The van der Waals surface area contributed by atoms with Gasteiger partial charge in [-0.3, -0.25) is 19.3 Å². The van der Waals surface area contributed by atoms with Gasteiger partial charge in [0.2, 0.25) is 0 Å². The lowest BCUT2D eigenvalue weighted by molar-refractivity contribution is -0.146. The van der Waals surface area contributed by atoms with Crippen LogP contribution in [-0.4, -0.2) is 30.9 Å². The van der Waals surface area contributed by atoms with Crippen molar-refractivity contribution in [1.82, 2.24) is 5.32 Å². The number of para-hydroxylation sites is 2. The van der Waals surface area contributed by atoms with Crippen molar-refractivity contribution in [2.45, 2.75) is 12.8 Å². The number of hydrogen-bond donors (Lipinski definition) is 1. The van der Waals surface area contributed by atoms with Gasteiger partial charge < -0.3 is 10.1 Å². The molecule has 0 saturated carbocycles. The minimum Gasteiger partial charge on any atom is -0.454 e. The molecule has 32 heavy (non-hydrogen) atoms. The normalized spacial score (nSPS) is 12.2. The SMILES string of the molecule is O=C(CNC(=O)c1ccccc1F)OCC(=O)N1c2ccccc2CCc2ccccc21. The molecule has 1 aliphatic rings. The summed E-state index contributed by atoms with van der Waals surface area (Å²) < 4.78 is 18.8. The van der Waals surface area contributed by atoms with Crippen molar-refractivity contribution in [1.29, 1.82) is 0 Å². The average molecular weight is 432 g/mol. The molecule has 0 fully saturated rings. The van der Waals surface area contributed by atoms with E-state index in [4.69, 9.17) is 4.74 Å². The van der Waals surface area contributed by atoms with Gasteiger partial charge in [-0.25, -0.2) is 4.39 Å². The molecule has 4 rings (SSSR count). The topological polar surface area (TPSA) is 75.7 Å². The number of rotatable bonds is 5. The number of hydrogen-bond acceptors (Lipinski definition) is 4. The standard InChI is InChI=1S/C25H21FN2O4/c26-20-10-4-3-9-19(20)25(31)27-15-24(30)32-16-23(29)28-21-11-5-1-7-17(21)13-14-18-8-2-6-12-22(18)28/h1-12H,13-16H2,(H,27,31). The molecule has 1 aliphatic heterocycles. The van der Waals surface area contributed by atoms with Crippen LogP contribution >= 0.6 is 0 Å². The highest BCUT2D eigenvalue weighted by Crippen LogP contribution is 2.35. The Morgan fingerprint density at radius 1 is 0.844 bits per heavy atom. The van der Waals surface area contributed by atoms with Crippen LogP contribution in [0.1, 0.15) is 21.5 Å². The van der Waals surface area contributed by atoms with Gasteiger partial charge in [-0.05, 0) is 48.2 Å². The van der Waals surface area contributed by atoms with E-state index in [1.54, 1.807) is 4.90 Å². The van der Waals surface area contributed by atoms with Crippen LogP contribution in [0.4, 0.5) is 15.8 Å². The highest BCUT2D eigenvalue weighted by Gasteiger charge is 2.26. The smallest absolute Gasteiger partial charge is 0.325 e. The number of nitrogens with zero attached hydrogens (tertiary/aromatic N) is 1. The predicted molar refractivity (Wildman–Crippen MR) is 117 cm³/mol. The maximum absolute atomic E-state index is 13.7. The number of esters is 1. The summed E-state index contributed by atoms with van der Waals surface area (Å²) >= 11 is 0. The van der Waals surface area contributed by atoms with Crippen LogP contribution < -0.4 is 10.2 Å². The molecule has 2 amide bonds. The molecule has 0 saturated heterocycles. The summed E-state index contributed by atoms with van der Waals surface area (Å²) in [7, 11) is 0. The molecule has 0 spiro atoms. The van der Waals surface area contributed by atoms with Gasteiger partial charge in [0.1, 0.15) is 12.4 Å². The Labute approximate surface area is 184 Å². The predicted octanol–water partition coefficient (Wildman–Crippen LogP) is 3.56. The zero-order valence-electron chi connectivity index (χ0n) is 17.2. The molecular weight excluding hydrogens is 411 g/mol. The van der Waals surface area contributed by atoms with Gasteiger partial charge in [0, 0.05) is 0 Å². The maximum atomic E-state index is 13.7. The van der Waals surface area contributed by atoms with E-state index < -0.39 is 36.8 Å². The Hall–Kier alpha value is -4.00. The van der Waals surface area contributed by atoms with Gasteiger partial charge in [0.15, 0.2) is 6.61 Å². The molecular formula is C25H21FN2O4. The van der Waals surface area contributed by atoms with Crippen LogP contribution in [0.5, 0.6) is 0 Å². The zero-order valence-corrected chi connectivity index (χ0v) is 17.2. The molecule has 1 N–H and O–H groups in total. The third-order valence-electron chi connectivity index (χ3n) is 5.25. The second-order valence-electron chi connectivity index (χ2n) is 7.31. The molecule has 3 aromatic carbocycles. The van der Waals surface area contributed by atoms with Crippen molar-refractivity contribution in [3.8, 4) is 0 Å². The van der Waals surface area contributed by atoms with Crippen molar-refractivity contribution in [2.24, 2.45) is 0 Å². The minimum atomic E-state index is -0.792. The van der Waals surface area contributed by atoms with Crippen LogP contribution in [-0.2, 0) is 27.2 Å². The minimum absolute atomic E-state index is 0.172. The van der Waals surface area contributed by atoms with E-state index in [-0.39, 0.29) is 5.56 Å². The second kappa shape index (κ2) is 9.43. The first-order valence-electron chi connectivity index (χ1n) is 10.2. The van der Waals surface area contributed by atoms with Gasteiger partial charge in [0.05, 0.1) is 16.9 Å². The lowest BCUT2D eigenvalue weighted by Crippen LogP contribution is -2.35. The lowest BCUT2D eigenvalue weighted by atomic mass is 10.0. The fourth-order valence-electron chi connectivity index (χ4n) is 3.70. The Kier molecular flexibility index (Phi) is 6.26. The van der Waals surface area contributed by atoms with E-state index in [2.05, 4.69) is 5.32 Å². The van der Waals surface area contributed by atoms with Gasteiger partial charge >= 0.3 is 5.97 Å². The van der Waals surface area contributed by atoms with Crippen molar-refractivity contribution >= 4 is 29.2 Å². The van der Waals surface area contributed by atoms with Crippen molar-refractivity contribution in [3.63, 3.8) is 0 Å². The summed E-state index contributed by atoms with van der Waals surface area (Å²) in [6.07, 6.45) is 1.58. The molecule has 0 unspecified atom stereocenters. The molecule has 6 nitrogen and oxygen atoms in total. The van der Waals surface area contributed by atoms with Crippen LogP contribution in [0.25, 0.3) is 0 Å². The fraction of sp³-hybridized carbons (Fsp3) is 0.160. The molecule has 0 aliphatic carbocycles. The monoisotopic (exact) mass is 432 g/mol. The van der Waals surface area contributed by atoms with Gasteiger partial charge in [0.25, 0.3) is 11.8 Å². The number of nitrogens with one attached hydrogen (secondary N) is 1. The summed E-state index contributed by atoms with van der Waals surface area (Å²) in [5.41, 5.74) is 3.40. The first-order chi connectivity index (χ1) is 15.5. The van der Waals surface area contributed by atoms with Crippen LogP contribution in [0, 0.1) is 5.82 Å². The van der Waals surface area contributed by atoms with E-state index in [9.17, 15) is 18.8 Å². The number of benzene rings is 3. The fourth-order valence-corrected chi connectivity index (χ4v) is 3.70. The number of fused-ring (bicyclic) bond motifs is 2. The van der Waals surface area contributed by atoms with Crippen molar-refractivity contribution in [3.05, 3.63) is 95.3 Å².